The summed E-state index contributed by atoms with van der Waals surface area (Å²) in [6, 6.07) is 5.67. The molecule has 1 fully saturated rings. The van der Waals surface area contributed by atoms with Gasteiger partial charge in [-0.25, -0.2) is 12.8 Å². The molecule has 1 saturated heterocycles. The van der Waals surface area contributed by atoms with Crippen molar-refractivity contribution in [3.05, 3.63) is 30.1 Å². The second-order valence-electron chi connectivity index (χ2n) is 5.72. The lowest BCUT2D eigenvalue weighted by Gasteiger charge is -2.33. The molecule has 0 radical (unpaired) electrons. The van der Waals surface area contributed by atoms with Gasteiger partial charge in [0.25, 0.3) is 0 Å². The fourth-order valence-corrected chi connectivity index (χ4v) is 3.46. The Morgan fingerprint density at radius 3 is 2.39 bits per heavy atom. The van der Waals surface area contributed by atoms with Crippen LogP contribution in [0.3, 0.4) is 0 Å². The normalized spacial score (nSPS) is 16.4. The number of sulfonamides is 1. The lowest BCUT2D eigenvalue weighted by Crippen LogP contribution is -2.48. The quantitative estimate of drug-likeness (QED) is 0.792. The van der Waals surface area contributed by atoms with Crippen molar-refractivity contribution in [2.24, 2.45) is 0 Å². The summed E-state index contributed by atoms with van der Waals surface area (Å²) >= 11 is 0. The van der Waals surface area contributed by atoms with Gasteiger partial charge in [0.2, 0.25) is 15.9 Å². The van der Waals surface area contributed by atoms with Gasteiger partial charge >= 0.3 is 0 Å². The van der Waals surface area contributed by atoms with Crippen LogP contribution in [0, 0.1) is 5.82 Å². The van der Waals surface area contributed by atoms with Crippen LogP contribution < -0.4 is 4.31 Å². The van der Waals surface area contributed by atoms with Gasteiger partial charge in [-0.15, -0.1) is 0 Å². The first-order valence-electron chi connectivity index (χ1n) is 7.47. The number of carbonyl (C=O) groups excluding carboxylic acids is 1. The molecular weight excluding hydrogens is 321 g/mol. The van der Waals surface area contributed by atoms with E-state index in [1.54, 1.807) is 11.0 Å². The monoisotopic (exact) mass is 343 g/mol. The van der Waals surface area contributed by atoms with E-state index in [9.17, 15) is 17.6 Å². The molecule has 0 bridgehead atoms. The number of anilines is 1. The SMILES string of the molecule is CN1CCN(C(=O)CCN(c2ccccc2F)S(C)(=O)=O)CC1. The van der Waals surface area contributed by atoms with Crippen LogP contribution in [0.5, 0.6) is 0 Å². The topological polar surface area (TPSA) is 60.9 Å². The Kier molecular flexibility index (Phi) is 5.59. The van der Waals surface area contributed by atoms with Gasteiger partial charge in [-0.2, -0.15) is 0 Å². The van der Waals surface area contributed by atoms with Gasteiger partial charge in [0.15, 0.2) is 0 Å². The Morgan fingerprint density at radius 1 is 1.22 bits per heavy atom. The highest BCUT2D eigenvalue weighted by Crippen LogP contribution is 2.21. The summed E-state index contributed by atoms with van der Waals surface area (Å²) in [4.78, 5) is 16.1. The van der Waals surface area contributed by atoms with Crippen molar-refractivity contribution in [1.82, 2.24) is 9.80 Å². The van der Waals surface area contributed by atoms with Gasteiger partial charge in [-0.05, 0) is 19.2 Å². The van der Waals surface area contributed by atoms with Gasteiger partial charge in [0, 0.05) is 39.1 Å². The van der Waals surface area contributed by atoms with Crippen LogP contribution in [0.2, 0.25) is 0 Å². The molecule has 128 valence electrons. The second kappa shape index (κ2) is 7.27. The molecule has 1 amide bonds. The third-order valence-electron chi connectivity index (χ3n) is 3.91. The summed E-state index contributed by atoms with van der Waals surface area (Å²) in [5.41, 5.74) is -0.0267. The van der Waals surface area contributed by atoms with E-state index in [0.717, 1.165) is 23.7 Å². The maximum Gasteiger partial charge on any atom is 0.232 e. The molecule has 0 unspecified atom stereocenters. The average molecular weight is 343 g/mol. The number of nitrogens with zero attached hydrogens (tertiary/aromatic N) is 3. The highest BCUT2D eigenvalue weighted by Gasteiger charge is 2.24. The van der Waals surface area contributed by atoms with Crippen molar-refractivity contribution in [3.63, 3.8) is 0 Å². The maximum absolute atomic E-state index is 13.9. The number of carbonyl (C=O) groups is 1. The molecule has 6 nitrogen and oxygen atoms in total. The smallest absolute Gasteiger partial charge is 0.232 e. The number of benzene rings is 1. The molecule has 1 aliphatic heterocycles. The number of para-hydroxylation sites is 1. The third-order valence-corrected chi connectivity index (χ3v) is 5.09. The van der Waals surface area contributed by atoms with Crippen LogP contribution in [-0.4, -0.2) is 70.2 Å². The zero-order valence-electron chi connectivity index (χ0n) is 13.4. The van der Waals surface area contributed by atoms with Gasteiger partial charge in [0.05, 0.1) is 11.9 Å². The van der Waals surface area contributed by atoms with Crippen LogP contribution in [0.1, 0.15) is 6.42 Å². The summed E-state index contributed by atoms with van der Waals surface area (Å²) in [7, 11) is -1.67. The molecule has 1 heterocycles. The first kappa shape index (κ1) is 17.7. The number of hydrogen-bond donors (Lipinski definition) is 0. The number of hydrogen-bond acceptors (Lipinski definition) is 4. The molecule has 0 aliphatic carbocycles. The number of rotatable bonds is 5. The van der Waals surface area contributed by atoms with Crippen molar-refractivity contribution in [1.29, 1.82) is 0 Å². The molecule has 23 heavy (non-hydrogen) atoms. The van der Waals surface area contributed by atoms with E-state index < -0.39 is 15.8 Å². The Bertz CT molecular complexity index is 658. The Hall–Kier alpha value is -1.67. The predicted molar refractivity (Wildman–Crippen MR) is 87.3 cm³/mol. The first-order valence-corrected chi connectivity index (χ1v) is 9.32. The fraction of sp³-hybridized carbons (Fsp3) is 0.533. The van der Waals surface area contributed by atoms with Crippen molar-refractivity contribution in [2.75, 3.05) is 50.3 Å². The predicted octanol–water partition coefficient (Wildman–Crippen LogP) is 0.756. The van der Waals surface area contributed by atoms with Crippen molar-refractivity contribution in [3.8, 4) is 0 Å². The molecule has 2 rings (SSSR count). The van der Waals surface area contributed by atoms with Crippen LogP contribution in [0.25, 0.3) is 0 Å². The van der Waals surface area contributed by atoms with E-state index in [1.165, 1.54) is 18.2 Å². The number of amides is 1. The number of piperazine rings is 1. The van der Waals surface area contributed by atoms with Crippen LogP contribution >= 0.6 is 0 Å². The average Bonchev–Trinajstić information content (AvgIpc) is 2.48. The zero-order chi connectivity index (χ0) is 17.0. The van der Waals surface area contributed by atoms with E-state index in [0.29, 0.717) is 13.1 Å². The van der Waals surface area contributed by atoms with Crippen LogP contribution in [-0.2, 0) is 14.8 Å². The largest absolute Gasteiger partial charge is 0.340 e. The van der Waals surface area contributed by atoms with Crippen LogP contribution in [0.15, 0.2) is 24.3 Å². The second-order valence-corrected chi connectivity index (χ2v) is 7.63. The minimum Gasteiger partial charge on any atom is -0.340 e. The molecular formula is C15H22FN3O3S. The molecule has 0 aromatic heterocycles. The minimum atomic E-state index is -3.66. The lowest BCUT2D eigenvalue weighted by atomic mass is 10.2. The first-order chi connectivity index (χ1) is 10.8. The number of likely N-dealkylation sites (N-methyl/N-ethyl adjacent to an activating group) is 1. The Balaban J connectivity index is 2.05. The fourth-order valence-electron chi connectivity index (χ4n) is 2.53. The summed E-state index contributed by atoms with van der Waals surface area (Å²) in [6.45, 7) is 2.80. The van der Waals surface area contributed by atoms with E-state index in [-0.39, 0.29) is 24.6 Å². The Labute approximate surface area is 136 Å². The molecule has 0 N–H and O–H groups in total. The summed E-state index contributed by atoms with van der Waals surface area (Å²) < 4.78 is 38.7. The van der Waals surface area contributed by atoms with Gasteiger partial charge in [0.1, 0.15) is 5.82 Å². The summed E-state index contributed by atoms with van der Waals surface area (Å²) in [5, 5.41) is 0. The standard InChI is InChI=1S/C15H22FN3O3S/c1-17-9-11-18(12-10-17)15(20)7-8-19(23(2,21)22)14-6-4-3-5-13(14)16/h3-6H,7-12H2,1-2H3. The summed E-state index contributed by atoms with van der Waals surface area (Å²) in [5.74, 6) is -0.729. The highest BCUT2D eigenvalue weighted by atomic mass is 32.2. The van der Waals surface area contributed by atoms with E-state index in [2.05, 4.69) is 4.90 Å². The van der Waals surface area contributed by atoms with E-state index >= 15 is 0 Å². The minimum absolute atomic E-state index is 0.0267. The van der Waals surface area contributed by atoms with Gasteiger partial charge < -0.3 is 9.80 Å². The van der Waals surface area contributed by atoms with E-state index in [4.69, 9.17) is 0 Å². The maximum atomic E-state index is 13.9. The van der Waals surface area contributed by atoms with Crippen molar-refractivity contribution in [2.45, 2.75) is 6.42 Å². The van der Waals surface area contributed by atoms with Crippen molar-refractivity contribution >= 4 is 21.6 Å². The molecule has 0 spiro atoms. The molecule has 1 aromatic carbocycles. The molecule has 1 aromatic rings. The molecule has 0 atom stereocenters. The third kappa shape index (κ3) is 4.65. The van der Waals surface area contributed by atoms with Crippen LogP contribution in [0.4, 0.5) is 10.1 Å². The zero-order valence-corrected chi connectivity index (χ0v) is 14.2. The highest BCUT2D eigenvalue weighted by molar-refractivity contribution is 7.92. The molecule has 0 saturated carbocycles. The van der Waals surface area contributed by atoms with Crippen molar-refractivity contribution < 1.29 is 17.6 Å². The van der Waals surface area contributed by atoms with Gasteiger partial charge in [-0.1, -0.05) is 12.1 Å². The summed E-state index contributed by atoms with van der Waals surface area (Å²) in [6.07, 6.45) is 1.05. The lowest BCUT2D eigenvalue weighted by molar-refractivity contribution is -0.132. The number of halogens is 1. The molecule has 1 aliphatic rings. The van der Waals surface area contributed by atoms with E-state index in [1.807, 2.05) is 7.05 Å². The van der Waals surface area contributed by atoms with Gasteiger partial charge in [-0.3, -0.25) is 9.10 Å². The Morgan fingerprint density at radius 2 is 1.83 bits per heavy atom. The molecule has 8 heteroatoms.